The fourth-order valence-corrected chi connectivity index (χ4v) is 5.90. The topological polar surface area (TPSA) is 134 Å². The summed E-state index contributed by atoms with van der Waals surface area (Å²) in [5.41, 5.74) is 3.13. The lowest BCUT2D eigenvalue weighted by atomic mass is 10.0. The van der Waals surface area contributed by atoms with Crippen molar-refractivity contribution in [3.05, 3.63) is 70.6 Å². The highest BCUT2D eigenvalue weighted by Crippen LogP contribution is 2.34. The molecule has 6 heterocycles. The lowest BCUT2D eigenvalue weighted by Gasteiger charge is -2.15. The van der Waals surface area contributed by atoms with Gasteiger partial charge in [0.2, 0.25) is 0 Å². The number of amides is 4. The van der Waals surface area contributed by atoms with E-state index in [0.29, 0.717) is 46.8 Å². The number of pyridine rings is 1. The van der Waals surface area contributed by atoms with E-state index in [0.717, 1.165) is 35.5 Å². The van der Waals surface area contributed by atoms with Gasteiger partial charge in [-0.2, -0.15) is 9.61 Å². The third-order valence-corrected chi connectivity index (χ3v) is 8.24. The molecule has 2 saturated heterocycles. The van der Waals surface area contributed by atoms with E-state index in [2.05, 4.69) is 32.1 Å². The molecule has 7 rings (SSSR count). The van der Waals surface area contributed by atoms with Crippen LogP contribution in [-0.4, -0.2) is 61.5 Å². The molecule has 12 heteroatoms. The zero-order chi connectivity index (χ0) is 26.5. The summed E-state index contributed by atoms with van der Waals surface area (Å²) in [6.45, 7) is 1.39. The average molecular weight is 541 g/mol. The predicted octanol–water partition coefficient (Wildman–Crippen LogP) is 3.24. The molecule has 0 aromatic carbocycles. The van der Waals surface area contributed by atoms with Crippen LogP contribution in [0.25, 0.3) is 22.3 Å². The lowest BCUT2D eigenvalue weighted by molar-refractivity contribution is -0.115. The van der Waals surface area contributed by atoms with Crippen LogP contribution in [0.5, 0.6) is 0 Å². The number of carbonyl (C=O) groups is 3. The third-order valence-electron chi connectivity index (χ3n) is 7.15. The van der Waals surface area contributed by atoms with Crippen molar-refractivity contribution < 1.29 is 14.4 Å². The predicted molar refractivity (Wildman–Crippen MR) is 145 cm³/mol. The van der Waals surface area contributed by atoms with Gasteiger partial charge in [-0.1, -0.05) is 6.07 Å². The quantitative estimate of drug-likeness (QED) is 0.253. The number of likely N-dealkylation sites (tertiary alicyclic amines) is 1. The largest absolute Gasteiger partial charge is 0.367 e. The Morgan fingerprint density at radius 2 is 2.03 bits per heavy atom. The number of imide groups is 1. The Balaban J connectivity index is 1.19. The average Bonchev–Trinajstić information content (AvgIpc) is 3.33. The number of thiophene rings is 1. The Morgan fingerprint density at radius 1 is 1.13 bits per heavy atom. The molecule has 2 aliphatic heterocycles. The summed E-state index contributed by atoms with van der Waals surface area (Å²) in [4.78, 5) is 49.5. The van der Waals surface area contributed by atoms with Crippen molar-refractivity contribution in [3.8, 4) is 10.6 Å². The molecule has 3 aliphatic rings. The van der Waals surface area contributed by atoms with E-state index >= 15 is 0 Å². The molecule has 4 aromatic rings. The van der Waals surface area contributed by atoms with Gasteiger partial charge >= 0.3 is 6.03 Å². The van der Waals surface area contributed by atoms with Gasteiger partial charge in [-0.05, 0) is 49.1 Å². The zero-order valence-corrected chi connectivity index (χ0v) is 21.6. The fraction of sp³-hybridized carbons (Fsp3) is 0.259. The number of nitrogens with zero attached hydrogens (tertiary/aromatic N) is 5. The van der Waals surface area contributed by atoms with Crippen molar-refractivity contribution >= 4 is 46.7 Å². The maximum absolute atomic E-state index is 13.4. The molecule has 0 radical (unpaired) electrons. The van der Waals surface area contributed by atoms with Crippen LogP contribution in [0.3, 0.4) is 0 Å². The number of hydrogen-bond acceptors (Lipinski definition) is 8. The standard InChI is InChI=1S/C27H24N8O3S/c36-25-20(32-27(38)33-25)10-17-13-29-35-23(30-18-3-4-18)11-19(31-24(17)35)21-5-6-22(39-21)26(37)34-9-7-16(14-34)15-2-1-8-28-12-15/h1-2,5-6,8,10-13,16,18,30H,3-4,7,9,14H2,(H2,32,33,36,38)/b20-10-. The second-order valence-electron chi connectivity index (χ2n) is 9.93. The van der Waals surface area contributed by atoms with E-state index < -0.39 is 11.9 Å². The highest BCUT2D eigenvalue weighted by Gasteiger charge is 2.30. The summed E-state index contributed by atoms with van der Waals surface area (Å²) >= 11 is 1.41. The van der Waals surface area contributed by atoms with Crippen molar-refractivity contribution in [1.82, 2.24) is 35.1 Å². The Kier molecular flexibility index (Phi) is 5.62. The first-order valence-electron chi connectivity index (χ1n) is 12.8. The van der Waals surface area contributed by atoms with Crippen LogP contribution in [0, 0.1) is 0 Å². The summed E-state index contributed by atoms with van der Waals surface area (Å²) in [7, 11) is 0. The SMILES string of the molecule is O=C1NC(=O)/C(=C/c2cnn3c(NC4CC4)cc(-c4ccc(C(=O)N5CCC(c6cccnc6)C5)s4)nc23)N1. The zero-order valence-electron chi connectivity index (χ0n) is 20.8. The maximum atomic E-state index is 13.4. The van der Waals surface area contributed by atoms with Crippen molar-refractivity contribution in [2.24, 2.45) is 0 Å². The maximum Gasteiger partial charge on any atom is 0.326 e. The number of urea groups is 1. The normalized spacial score (nSPS) is 20.1. The molecule has 39 heavy (non-hydrogen) atoms. The Morgan fingerprint density at radius 3 is 2.79 bits per heavy atom. The highest BCUT2D eigenvalue weighted by atomic mass is 32.1. The Hall–Kier alpha value is -4.58. The number of hydrogen-bond donors (Lipinski definition) is 3. The Bertz CT molecular complexity index is 1660. The van der Waals surface area contributed by atoms with Gasteiger partial charge in [-0.15, -0.1) is 11.3 Å². The second-order valence-corrected chi connectivity index (χ2v) is 11.0. The van der Waals surface area contributed by atoms with E-state index in [4.69, 9.17) is 4.98 Å². The summed E-state index contributed by atoms with van der Waals surface area (Å²) < 4.78 is 1.70. The van der Waals surface area contributed by atoms with Crippen molar-refractivity contribution in [2.45, 2.75) is 31.2 Å². The number of carbonyl (C=O) groups excluding carboxylic acids is 3. The minimum Gasteiger partial charge on any atom is -0.367 e. The number of nitrogens with one attached hydrogen (secondary N) is 3. The van der Waals surface area contributed by atoms with Gasteiger partial charge in [0.25, 0.3) is 11.8 Å². The molecule has 4 amide bonds. The summed E-state index contributed by atoms with van der Waals surface area (Å²) in [5.74, 6) is 0.597. The molecular weight excluding hydrogens is 516 g/mol. The molecule has 4 aromatic heterocycles. The number of aromatic nitrogens is 4. The van der Waals surface area contributed by atoms with Gasteiger partial charge in [0.15, 0.2) is 5.65 Å². The van der Waals surface area contributed by atoms with Crippen LogP contribution >= 0.6 is 11.3 Å². The second kappa shape index (κ2) is 9.31. The smallest absolute Gasteiger partial charge is 0.326 e. The molecule has 11 nitrogen and oxygen atoms in total. The molecule has 196 valence electrons. The monoisotopic (exact) mass is 540 g/mol. The highest BCUT2D eigenvalue weighted by molar-refractivity contribution is 7.17. The first-order chi connectivity index (χ1) is 19.0. The van der Waals surface area contributed by atoms with Crippen LogP contribution < -0.4 is 16.0 Å². The molecule has 0 spiro atoms. The minimum absolute atomic E-state index is 0.0211. The molecule has 3 fully saturated rings. The lowest BCUT2D eigenvalue weighted by Crippen LogP contribution is -2.27. The van der Waals surface area contributed by atoms with Crippen LogP contribution in [0.4, 0.5) is 10.6 Å². The first kappa shape index (κ1) is 23.5. The van der Waals surface area contributed by atoms with E-state index in [-0.39, 0.29) is 11.6 Å². The molecule has 1 aliphatic carbocycles. The Labute approximate surface area is 226 Å². The van der Waals surface area contributed by atoms with E-state index in [1.165, 1.54) is 11.3 Å². The molecule has 1 atom stereocenters. The van der Waals surface area contributed by atoms with Gasteiger partial charge in [0.1, 0.15) is 11.5 Å². The first-order valence-corrected chi connectivity index (χ1v) is 13.6. The van der Waals surface area contributed by atoms with Crippen LogP contribution in [0.15, 0.2) is 54.6 Å². The van der Waals surface area contributed by atoms with Crippen LogP contribution in [-0.2, 0) is 4.79 Å². The van der Waals surface area contributed by atoms with Crippen LogP contribution in [0.1, 0.15) is 46.0 Å². The number of anilines is 1. The van der Waals surface area contributed by atoms with E-state index in [9.17, 15) is 14.4 Å². The summed E-state index contributed by atoms with van der Waals surface area (Å²) in [6.07, 6.45) is 9.90. The molecule has 0 bridgehead atoms. The van der Waals surface area contributed by atoms with Gasteiger partial charge in [0, 0.05) is 49.1 Å². The van der Waals surface area contributed by atoms with Crippen molar-refractivity contribution in [3.63, 3.8) is 0 Å². The fourth-order valence-electron chi connectivity index (χ4n) is 4.97. The van der Waals surface area contributed by atoms with Crippen molar-refractivity contribution in [1.29, 1.82) is 0 Å². The van der Waals surface area contributed by atoms with Gasteiger partial charge in [0.05, 0.1) is 21.6 Å². The molecule has 3 N–H and O–H groups in total. The third kappa shape index (κ3) is 4.52. The van der Waals surface area contributed by atoms with Gasteiger partial charge < -0.3 is 15.5 Å². The molecular formula is C27H24N8O3S. The summed E-state index contributed by atoms with van der Waals surface area (Å²) in [5, 5.41) is 12.7. The van der Waals surface area contributed by atoms with Gasteiger partial charge in [-0.25, -0.2) is 9.78 Å². The van der Waals surface area contributed by atoms with E-state index in [1.54, 1.807) is 23.0 Å². The van der Waals surface area contributed by atoms with Gasteiger partial charge in [-0.3, -0.25) is 19.9 Å². The van der Waals surface area contributed by atoms with Crippen molar-refractivity contribution in [2.75, 3.05) is 18.4 Å². The molecule has 1 saturated carbocycles. The molecule has 1 unspecified atom stereocenters. The van der Waals surface area contributed by atoms with Crippen LogP contribution in [0.2, 0.25) is 0 Å². The number of rotatable bonds is 6. The number of fused-ring (bicyclic) bond motifs is 1. The minimum atomic E-state index is -0.562. The summed E-state index contributed by atoms with van der Waals surface area (Å²) in [6, 6.07) is 9.53. The van der Waals surface area contributed by atoms with E-state index in [1.807, 2.05) is 35.4 Å².